The molecule has 6 heteroatoms. The highest BCUT2D eigenvalue weighted by molar-refractivity contribution is 5.71. The summed E-state index contributed by atoms with van der Waals surface area (Å²) >= 11 is 0. The summed E-state index contributed by atoms with van der Waals surface area (Å²) in [6.45, 7) is 6.67. The Morgan fingerprint density at radius 1 is 1.35 bits per heavy atom. The number of nitrogens with zero attached hydrogens (tertiary/aromatic N) is 2. The van der Waals surface area contributed by atoms with Crippen LogP contribution in [0.25, 0.3) is 0 Å². The zero-order valence-corrected chi connectivity index (χ0v) is 13.8. The van der Waals surface area contributed by atoms with Gasteiger partial charge in [0.25, 0.3) is 5.56 Å². The van der Waals surface area contributed by atoms with Crippen molar-refractivity contribution < 1.29 is 14.3 Å². The number of halogens is 1. The van der Waals surface area contributed by atoms with Crippen molar-refractivity contribution in [1.29, 1.82) is 0 Å². The number of carboxylic acids is 1. The van der Waals surface area contributed by atoms with Gasteiger partial charge in [0.05, 0.1) is 0 Å². The number of aromatic nitrogens is 1. The minimum Gasteiger partial charge on any atom is -0.480 e. The van der Waals surface area contributed by atoms with Gasteiger partial charge in [-0.3, -0.25) is 9.36 Å². The van der Waals surface area contributed by atoms with Gasteiger partial charge in [-0.05, 0) is 56.3 Å². The molecule has 0 spiro atoms. The summed E-state index contributed by atoms with van der Waals surface area (Å²) in [5, 5.41) is 9.39. The third-order valence-electron chi connectivity index (χ3n) is 4.29. The number of aliphatic carboxylic acids is 1. The maximum absolute atomic E-state index is 14.0. The van der Waals surface area contributed by atoms with E-state index in [0.29, 0.717) is 18.4 Å². The van der Waals surface area contributed by atoms with Crippen LogP contribution >= 0.6 is 0 Å². The van der Waals surface area contributed by atoms with E-state index in [9.17, 15) is 19.1 Å². The maximum Gasteiger partial charge on any atom is 0.326 e. The van der Waals surface area contributed by atoms with E-state index >= 15 is 0 Å². The van der Waals surface area contributed by atoms with E-state index in [1.54, 1.807) is 0 Å². The summed E-state index contributed by atoms with van der Waals surface area (Å²) < 4.78 is 15.0. The van der Waals surface area contributed by atoms with Gasteiger partial charge in [-0.2, -0.15) is 0 Å². The second kappa shape index (κ2) is 7.73. The predicted octanol–water partition coefficient (Wildman–Crippen LogP) is 2.30. The van der Waals surface area contributed by atoms with Crippen LogP contribution in [0.5, 0.6) is 0 Å². The van der Waals surface area contributed by atoms with Gasteiger partial charge in [0, 0.05) is 12.7 Å². The third-order valence-corrected chi connectivity index (χ3v) is 4.29. The lowest BCUT2D eigenvalue weighted by Gasteiger charge is -2.19. The van der Waals surface area contributed by atoms with E-state index in [2.05, 4.69) is 4.90 Å². The van der Waals surface area contributed by atoms with Crippen molar-refractivity contribution in [3.8, 4) is 0 Å². The monoisotopic (exact) mass is 324 g/mol. The fourth-order valence-corrected chi connectivity index (χ4v) is 3.06. The normalized spacial score (nSPS) is 16.9. The lowest BCUT2D eigenvalue weighted by molar-refractivity contribution is -0.141. The van der Waals surface area contributed by atoms with Crippen LogP contribution in [0.15, 0.2) is 17.1 Å². The first-order valence-corrected chi connectivity index (χ1v) is 8.24. The van der Waals surface area contributed by atoms with Crippen molar-refractivity contribution in [3.05, 3.63) is 34.0 Å². The Hall–Kier alpha value is -1.69. The standard InChI is InChI=1S/C17H25FN2O3/c1-12(2)9-15(17(22)23)20-11-13(10-14(18)16(20)21)5-8-19-6-3-4-7-19/h10-12,15H,3-9H2,1-2H3,(H,22,23). The van der Waals surface area contributed by atoms with Crippen LogP contribution in [0.1, 0.15) is 44.7 Å². The Labute approximate surface area is 135 Å². The van der Waals surface area contributed by atoms with Crippen LogP contribution < -0.4 is 5.56 Å². The molecule has 1 N–H and O–H groups in total. The van der Waals surface area contributed by atoms with Gasteiger partial charge in [-0.1, -0.05) is 13.8 Å². The number of likely N-dealkylation sites (tertiary alicyclic amines) is 1. The topological polar surface area (TPSA) is 62.5 Å². The summed E-state index contributed by atoms with van der Waals surface area (Å²) in [6.07, 6.45) is 4.80. The van der Waals surface area contributed by atoms with Gasteiger partial charge >= 0.3 is 5.97 Å². The van der Waals surface area contributed by atoms with E-state index in [0.717, 1.165) is 24.2 Å². The molecule has 128 valence electrons. The van der Waals surface area contributed by atoms with E-state index in [1.165, 1.54) is 25.1 Å². The Morgan fingerprint density at radius 3 is 2.57 bits per heavy atom. The van der Waals surface area contributed by atoms with Crippen molar-refractivity contribution in [2.75, 3.05) is 19.6 Å². The van der Waals surface area contributed by atoms with Crippen LogP contribution in [0, 0.1) is 11.7 Å². The lowest BCUT2D eigenvalue weighted by Crippen LogP contribution is -2.33. The molecule has 1 saturated heterocycles. The highest BCUT2D eigenvalue weighted by atomic mass is 19.1. The predicted molar refractivity (Wildman–Crippen MR) is 86.2 cm³/mol. The van der Waals surface area contributed by atoms with E-state index in [-0.39, 0.29) is 5.92 Å². The maximum atomic E-state index is 14.0. The quantitative estimate of drug-likeness (QED) is 0.836. The Kier molecular flexibility index (Phi) is 5.93. The molecule has 0 amide bonds. The molecule has 1 unspecified atom stereocenters. The summed E-state index contributed by atoms with van der Waals surface area (Å²) in [7, 11) is 0. The largest absolute Gasteiger partial charge is 0.480 e. The minimum absolute atomic E-state index is 0.0966. The van der Waals surface area contributed by atoms with Crippen molar-refractivity contribution in [3.63, 3.8) is 0 Å². The molecule has 1 aromatic rings. The molecule has 0 aliphatic carbocycles. The second-order valence-corrected chi connectivity index (χ2v) is 6.69. The summed E-state index contributed by atoms with van der Waals surface area (Å²) in [5.74, 6) is -1.88. The van der Waals surface area contributed by atoms with Crippen molar-refractivity contribution >= 4 is 5.97 Å². The molecular formula is C17H25FN2O3. The fourth-order valence-electron chi connectivity index (χ4n) is 3.06. The minimum atomic E-state index is -1.10. The molecule has 2 heterocycles. The van der Waals surface area contributed by atoms with Gasteiger partial charge in [-0.25, -0.2) is 9.18 Å². The number of carboxylic acid groups (broad SMARTS) is 1. The number of hydrogen-bond acceptors (Lipinski definition) is 3. The van der Waals surface area contributed by atoms with Crippen LogP contribution in [0.2, 0.25) is 0 Å². The molecule has 1 aromatic heterocycles. The van der Waals surface area contributed by atoms with Crippen LogP contribution in [0.3, 0.4) is 0 Å². The molecule has 0 radical (unpaired) electrons. The van der Waals surface area contributed by atoms with Gasteiger partial charge in [0.15, 0.2) is 5.82 Å². The van der Waals surface area contributed by atoms with Crippen molar-refractivity contribution in [2.45, 2.75) is 45.6 Å². The summed E-state index contributed by atoms with van der Waals surface area (Å²) in [5.41, 5.74) is -0.188. The molecule has 2 rings (SSSR count). The zero-order valence-electron chi connectivity index (χ0n) is 13.8. The average molecular weight is 324 g/mol. The molecule has 1 aliphatic heterocycles. The zero-order chi connectivity index (χ0) is 17.0. The van der Waals surface area contributed by atoms with Crippen molar-refractivity contribution in [1.82, 2.24) is 9.47 Å². The summed E-state index contributed by atoms with van der Waals surface area (Å²) in [4.78, 5) is 25.8. The molecule has 23 heavy (non-hydrogen) atoms. The second-order valence-electron chi connectivity index (χ2n) is 6.69. The highest BCUT2D eigenvalue weighted by Gasteiger charge is 2.23. The first kappa shape index (κ1) is 17.7. The SMILES string of the molecule is CC(C)CC(C(=O)O)n1cc(CCN2CCCC2)cc(F)c1=O. The highest BCUT2D eigenvalue weighted by Crippen LogP contribution is 2.18. The van der Waals surface area contributed by atoms with Gasteiger partial charge < -0.3 is 10.0 Å². The van der Waals surface area contributed by atoms with Crippen LogP contribution in [-0.4, -0.2) is 40.2 Å². The van der Waals surface area contributed by atoms with Crippen LogP contribution in [0.4, 0.5) is 4.39 Å². The number of carbonyl (C=O) groups is 1. The van der Waals surface area contributed by atoms with Crippen molar-refractivity contribution in [2.24, 2.45) is 5.92 Å². The molecule has 0 aromatic carbocycles. The van der Waals surface area contributed by atoms with Gasteiger partial charge in [0.2, 0.25) is 0 Å². The Morgan fingerprint density at radius 2 is 2.00 bits per heavy atom. The van der Waals surface area contributed by atoms with E-state index in [1.807, 2.05) is 13.8 Å². The molecule has 1 aliphatic rings. The number of pyridine rings is 1. The summed E-state index contributed by atoms with van der Waals surface area (Å²) in [6, 6.07) is 0.215. The molecule has 1 fully saturated rings. The lowest BCUT2D eigenvalue weighted by atomic mass is 10.0. The molecule has 0 bridgehead atoms. The van der Waals surface area contributed by atoms with Gasteiger partial charge in [0.1, 0.15) is 6.04 Å². The fraction of sp³-hybridized carbons (Fsp3) is 0.647. The van der Waals surface area contributed by atoms with Gasteiger partial charge in [-0.15, -0.1) is 0 Å². The molecule has 1 atom stereocenters. The number of rotatable bonds is 7. The van der Waals surface area contributed by atoms with E-state index in [4.69, 9.17) is 0 Å². The molecular weight excluding hydrogens is 299 g/mol. The van der Waals surface area contributed by atoms with E-state index < -0.39 is 23.4 Å². The first-order chi connectivity index (χ1) is 10.9. The molecule has 0 saturated carbocycles. The first-order valence-electron chi connectivity index (χ1n) is 8.24. The Bertz CT molecular complexity index is 606. The smallest absolute Gasteiger partial charge is 0.326 e. The number of hydrogen-bond donors (Lipinski definition) is 1. The van der Waals surface area contributed by atoms with Crippen LogP contribution in [-0.2, 0) is 11.2 Å². The average Bonchev–Trinajstić information content (AvgIpc) is 2.99. The third kappa shape index (κ3) is 4.64. The molecule has 5 nitrogen and oxygen atoms in total. The Balaban J connectivity index is 2.23.